The van der Waals surface area contributed by atoms with Gasteiger partial charge in [0.15, 0.2) is 0 Å². The van der Waals surface area contributed by atoms with Gasteiger partial charge in [0, 0.05) is 0 Å². The van der Waals surface area contributed by atoms with Crippen LogP contribution < -0.4 is 0 Å². The fourth-order valence-corrected chi connectivity index (χ4v) is 1.95. The highest BCUT2D eigenvalue weighted by molar-refractivity contribution is 5.67. The predicted molar refractivity (Wildman–Crippen MR) is 46.7 cm³/mol. The van der Waals surface area contributed by atoms with Gasteiger partial charge in [-0.2, -0.15) is 5.10 Å². The molecule has 0 unspecified atom stereocenters. The Morgan fingerprint density at radius 2 is 2.23 bits per heavy atom. The van der Waals surface area contributed by atoms with Crippen molar-refractivity contribution in [1.29, 1.82) is 0 Å². The Morgan fingerprint density at radius 3 is 2.77 bits per heavy atom. The maximum absolute atomic E-state index is 8.60. The average Bonchev–Trinajstić information content (AvgIpc) is 2.73. The van der Waals surface area contributed by atoms with E-state index in [1.54, 1.807) is 17.2 Å². The maximum atomic E-state index is 8.60. The van der Waals surface area contributed by atoms with E-state index in [2.05, 4.69) is 15.2 Å². The molecule has 1 aliphatic rings. The zero-order chi connectivity index (χ0) is 9.15. The summed E-state index contributed by atoms with van der Waals surface area (Å²) in [5, 5.41) is 15.8. The molecule has 1 saturated carbocycles. The number of aromatic nitrogens is 3. The molecule has 0 saturated heterocycles. The lowest BCUT2D eigenvalue weighted by molar-refractivity contribution is 0.302. The third-order valence-corrected chi connectivity index (χ3v) is 2.64. The first-order chi connectivity index (χ1) is 6.37. The van der Waals surface area contributed by atoms with Crippen molar-refractivity contribution in [3.63, 3.8) is 0 Å². The molecule has 0 aliphatic heterocycles. The zero-order valence-corrected chi connectivity index (χ0v) is 7.30. The highest BCUT2D eigenvalue weighted by Crippen LogP contribution is 2.34. The molecule has 2 rings (SSSR count). The Kier molecular flexibility index (Phi) is 2.00. The van der Waals surface area contributed by atoms with E-state index in [4.69, 9.17) is 5.21 Å². The smallest absolute Gasteiger partial charge is 0.137 e. The topological polar surface area (TPSA) is 63.3 Å². The standard InChI is InChI=1S/C8H12N4O/c13-11-5-8(3-1-2-4-8)12-7-9-6-10-12/h5-7,13H,1-4H2/b11-5-. The van der Waals surface area contributed by atoms with E-state index in [0.29, 0.717) is 0 Å². The Labute approximate surface area is 76.1 Å². The van der Waals surface area contributed by atoms with Crippen molar-refractivity contribution >= 4 is 6.21 Å². The molecule has 0 amide bonds. The minimum Gasteiger partial charge on any atom is -0.411 e. The van der Waals surface area contributed by atoms with Gasteiger partial charge in [0.25, 0.3) is 0 Å². The van der Waals surface area contributed by atoms with E-state index in [1.807, 2.05) is 0 Å². The number of hydrogen-bond acceptors (Lipinski definition) is 4. The van der Waals surface area contributed by atoms with Crippen molar-refractivity contribution in [3.05, 3.63) is 12.7 Å². The van der Waals surface area contributed by atoms with E-state index in [-0.39, 0.29) is 5.54 Å². The van der Waals surface area contributed by atoms with Gasteiger partial charge in [-0.1, -0.05) is 18.0 Å². The number of hydrogen-bond donors (Lipinski definition) is 1. The first-order valence-corrected chi connectivity index (χ1v) is 4.41. The molecule has 1 aliphatic carbocycles. The van der Waals surface area contributed by atoms with E-state index in [0.717, 1.165) is 25.7 Å². The molecule has 5 heteroatoms. The van der Waals surface area contributed by atoms with Crippen LogP contribution in [0.2, 0.25) is 0 Å². The number of rotatable bonds is 2. The molecular formula is C8H12N4O. The van der Waals surface area contributed by atoms with E-state index in [9.17, 15) is 0 Å². The fourth-order valence-electron chi connectivity index (χ4n) is 1.95. The second-order valence-corrected chi connectivity index (χ2v) is 3.40. The van der Waals surface area contributed by atoms with Crippen molar-refractivity contribution < 1.29 is 5.21 Å². The quantitative estimate of drug-likeness (QED) is 0.419. The van der Waals surface area contributed by atoms with Gasteiger partial charge in [-0.05, 0) is 12.8 Å². The third kappa shape index (κ3) is 1.30. The fraction of sp³-hybridized carbons (Fsp3) is 0.625. The monoisotopic (exact) mass is 180 g/mol. The van der Waals surface area contributed by atoms with Gasteiger partial charge in [0.1, 0.15) is 18.2 Å². The second kappa shape index (κ2) is 3.16. The van der Waals surface area contributed by atoms with Crippen LogP contribution in [0.5, 0.6) is 0 Å². The van der Waals surface area contributed by atoms with Crippen LogP contribution in [0, 0.1) is 0 Å². The highest BCUT2D eigenvalue weighted by Gasteiger charge is 2.35. The lowest BCUT2D eigenvalue weighted by atomic mass is 10.0. The Bertz CT molecular complexity index is 287. The van der Waals surface area contributed by atoms with Gasteiger partial charge in [-0.25, -0.2) is 9.67 Å². The van der Waals surface area contributed by atoms with Crippen LogP contribution in [0.25, 0.3) is 0 Å². The lowest BCUT2D eigenvalue weighted by Crippen LogP contribution is -2.32. The van der Waals surface area contributed by atoms with Gasteiger partial charge in [0.2, 0.25) is 0 Å². The molecule has 0 spiro atoms. The zero-order valence-electron chi connectivity index (χ0n) is 7.30. The summed E-state index contributed by atoms with van der Waals surface area (Å²) in [6.07, 6.45) is 8.98. The van der Waals surface area contributed by atoms with Crippen LogP contribution in [-0.2, 0) is 5.54 Å². The molecule has 0 bridgehead atoms. The Balaban J connectivity index is 2.33. The molecule has 70 valence electrons. The molecule has 0 atom stereocenters. The largest absolute Gasteiger partial charge is 0.411 e. The predicted octanol–water partition coefficient (Wildman–Crippen LogP) is 1.01. The van der Waals surface area contributed by atoms with Crippen molar-refractivity contribution in [2.75, 3.05) is 0 Å². The molecule has 1 aromatic heterocycles. The van der Waals surface area contributed by atoms with Crippen molar-refractivity contribution in [3.8, 4) is 0 Å². The minimum atomic E-state index is -0.231. The second-order valence-electron chi connectivity index (χ2n) is 3.40. The van der Waals surface area contributed by atoms with Crippen LogP contribution in [0.15, 0.2) is 17.8 Å². The summed E-state index contributed by atoms with van der Waals surface area (Å²) in [4.78, 5) is 3.90. The molecule has 1 fully saturated rings. The molecule has 1 heterocycles. The normalized spacial score (nSPS) is 21.2. The summed E-state index contributed by atoms with van der Waals surface area (Å²) in [6, 6.07) is 0. The van der Waals surface area contributed by atoms with Crippen molar-refractivity contribution in [2.45, 2.75) is 31.2 Å². The van der Waals surface area contributed by atoms with Gasteiger partial charge >= 0.3 is 0 Å². The molecule has 1 aromatic rings. The lowest BCUT2D eigenvalue weighted by Gasteiger charge is -2.22. The summed E-state index contributed by atoms with van der Waals surface area (Å²) in [5.41, 5.74) is -0.231. The molecule has 0 radical (unpaired) electrons. The van der Waals surface area contributed by atoms with Gasteiger partial charge < -0.3 is 5.21 Å². The van der Waals surface area contributed by atoms with E-state index in [1.165, 1.54) is 6.33 Å². The first-order valence-electron chi connectivity index (χ1n) is 4.41. The molecule has 0 aromatic carbocycles. The maximum Gasteiger partial charge on any atom is 0.137 e. The van der Waals surface area contributed by atoms with Gasteiger partial charge in [0.05, 0.1) is 6.21 Å². The summed E-state index contributed by atoms with van der Waals surface area (Å²) in [5.74, 6) is 0. The van der Waals surface area contributed by atoms with Gasteiger partial charge in [-0.15, -0.1) is 0 Å². The molecular weight excluding hydrogens is 168 g/mol. The number of nitrogens with zero attached hydrogens (tertiary/aromatic N) is 4. The Hall–Kier alpha value is -1.39. The Morgan fingerprint density at radius 1 is 1.46 bits per heavy atom. The summed E-state index contributed by atoms with van der Waals surface area (Å²) < 4.78 is 1.78. The third-order valence-electron chi connectivity index (χ3n) is 2.64. The van der Waals surface area contributed by atoms with Crippen molar-refractivity contribution in [1.82, 2.24) is 14.8 Å². The molecule has 1 N–H and O–H groups in total. The van der Waals surface area contributed by atoms with Crippen LogP contribution >= 0.6 is 0 Å². The molecule has 5 nitrogen and oxygen atoms in total. The van der Waals surface area contributed by atoms with Crippen LogP contribution in [0.1, 0.15) is 25.7 Å². The first kappa shape index (κ1) is 8.22. The summed E-state index contributed by atoms with van der Waals surface area (Å²) in [7, 11) is 0. The van der Waals surface area contributed by atoms with Crippen LogP contribution in [0.4, 0.5) is 0 Å². The molecule has 13 heavy (non-hydrogen) atoms. The number of oxime groups is 1. The minimum absolute atomic E-state index is 0.231. The van der Waals surface area contributed by atoms with Crippen LogP contribution in [-0.4, -0.2) is 26.2 Å². The van der Waals surface area contributed by atoms with E-state index >= 15 is 0 Å². The van der Waals surface area contributed by atoms with E-state index < -0.39 is 0 Å². The summed E-state index contributed by atoms with van der Waals surface area (Å²) >= 11 is 0. The van der Waals surface area contributed by atoms with Crippen LogP contribution in [0.3, 0.4) is 0 Å². The summed E-state index contributed by atoms with van der Waals surface area (Å²) in [6.45, 7) is 0. The highest BCUT2D eigenvalue weighted by atomic mass is 16.4. The van der Waals surface area contributed by atoms with Crippen molar-refractivity contribution in [2.24, 2.45) is 5.16 Å². The SMILES string of the molecule is O/N=C\C1(n2cncn2)CCCC1. The average molecular weight is 180 g/mol. The van der Waals surface area contributed by atoms with Gasteiger partial charge in [-0.3, -0.25) is 0 Å².